The summed E-state index contributed by atoms with van der Waals surface area (Å²) < 4.78 is 16.4. The fourth-order valence-corrected chi connectivity index (χ4v) is 1.67. The van der Waals surface area contributed by atoms with Gasteiger partial charge in [-0.05, 0) is 32.9 Å². The van der Waals surface area contributed by atoms with Gasteiger partial charge in [-0.3, -0.25) is 0 Å². The fourth-order valence-electron chi connectivity index (χ4n) is 1.67. The van der Waals surface area contributed by atoms with Crippen molar-refractivity contribution in [3.05, 3.63) is 23.8 Å². The zero-order chi connectivity index (χ0) is 13.8. The van der Waals surface area contributed by atoms with Crippen molar-refractivity contribution in [2.24, 2.45) is 5.73 Å². The maximum absolute atomic E-state index is 6.17. The van der Waals surface area contributed by atoms with Crippen molar-refractivity contribution in [3.8, 4) is 11.5 Å². The lowest BCUT2D eigenvalue weighted by Crippen LogP contribution is -2.26. The zero-order valence-corrected chi connectivity index (χ0v) is 11.8. The maximum atomic E-state index is 6.17. The number of nitrogens with two attached hydrogens (primary N) is 1. The predicted octanol–water partition coefficient (Wildman–Crippen LogP) is 2.52. The Kier molecular flexibility index (Phi) is 4.99. The number of methoxy groups -OCH3 is 2. The van der Waals surface area contributed by atoms with E-state index < -0.39 is 0 Å². The highest BCUT2D eigenvalue weighted by Crippen LogP contribution is 2.33. The largest absolute Gasteiger partial charge is 0.496 e. The second kappa shape index (κ2) is 6.07. The van der Waals surface area contributed by atoms with E-state index in [1.807, 2.05) is 39.0 Å². The van der Waals surface area contributed by atoms with E-state index in [-0.39, 0.29) is 11.6 Å². The molecule has 0 fully saturated rings. The van der Waals surface area contributed by atoms with E-state index in [0.29, 0.717) is 6.61 Å². The highest BCUT2D eigenvalue weighted by molar-refractivity contribution is 5.46. The van der Waals surface area contributed by atoms with E-state index in [2.05, 4.69) is 0 Å². The molecule has 4 nitrogen and oxygen atoms in total. The lowest BCUT2D eigenvalue weighted by atomic mass is 10.1. The van der Waals surface area contributed by atoms with Gasteiger partial charge in [-0.15, -0.1) is 0 Å². The highest BCUT2D eigenvalue weighted by Gasteiger charge is 2.20. The molecule has 0 aliphatic heterocycles. The third-order valence-corrected chi connectivity index (χ3v) is 2.53. The minimum atomic E-state index is -0.282. The predicted molar refractivity (Wildman–Crippen MR) is 72.2 cm³/mol. The molecule has 102 valence electrons. The molecule has 0 saturated carbocycles. The van der Waals surface area contributed by atoms with Crippen LogP contribution in [0.1, 0.15) is 32.4 Å². The first-order valence-electron chi connectivity index (χ1n) is 5.99. The normalized spacial score (nSPS) is 13.2. The van der Waals surface area contributed by atoms with Gasteiger partial charge in [0.15, 0.2) is 0 Å². The second-order valence-electron chi connectivity index (χ2n) is 5.11. The molecule has 4 heteroatoms. The Bertz CT molecular complexity index is 363. The van der Waals surface area contributed by atoms with E-state index in [9.17, 15) is 0 Å². The van der Waals surface area contributed by atoms with Crippen molar-refractivity contribution >= 4 is 0 Å². The number of rotatable bonds is 5. The molecule has 0 heterocycles. The molecule has 0 amide bonds. The van der Waals surface area contributed by atoms with E-state index in [1.54, 1.807) is 14.2 Å². The Morgan fingerprint density at radius 3 is 2.00 bits per heavy atom. The molecule has 0 bridgehead atoms. The molecule has 1 aromatic carbocycles. The summed E-state index contributed by atoms with van der Waals surface area (Å²) in [4.78, 5) is 0. The summed E-state index contributed by atoms with van der Waals surface area (Å²) in [7, 11) is 3.24. The molecule has 0 spiro atoms. The Morgan fingerprint density at radius 2 is 1.61 bits per heavy atom. The van der Waals surface area contributed by atoms with E-state index in [1.165, 1.54) is 0 Å². The maximum Gasteiger partial charge on any atom is 0.127 e. The molecule has 1 atom stereocenters. The Morgan fingerprint density at radius 1 is 1.11 bits per heavy atom. The number of hydrogen-bond donors (Lipinski definition) is 1. The number of hydrogen-bond acceptors (Lipinski definition) is 4. The summed E-state index contributed by atoms with van der Waals surface area (Å²) in [6.45, 7) is 6.41. The standard InChI is InChI=1S/C14H23NO3/c1-14(2,3)18-9-10(15)13-11(16-4)7-6-8-12(13)17-5/h6-8,10H,9,15H2,1-5H3. The molecular weight excluding hydrogens is 230 g/mol. The number of ether oxygens (including phenoxy) is 3. The zero-order valence-electron chi connectivity index (χ0n) is 11.8. The van der Waals surface area contributed by atoms with Crippen molar-refractivity contribution in [1.29, 1.82) is 0 Å². The monoisotopic (exact) mass is 253 g/mol. The van der Waals surface area contributed by atoms with Crippen molar-refractivity contribution < 1.29 is 14.2 Å². The van der Waals surface area contributed by atoms with Crippen LogP contribution in [-0.2, 0) is 4.74 Å². The molecule has 2 N–H and O–H groups in total. The molecule has 0 aliphatic carbocycles. The van der Waals surface area contributed by atoms with Crippen LogP contribution in [-0.4, -0.2) is 26.4 Å². The van der Waals surface area contributed by atoms with Gasteiger partial charge in [0.05, 0.1) is 38.0 Å². The molecule has 0 aliphatic rings. The van der Waals surface area contributed by atoms with E-state index >= 15 is 0 Å². The summed E-state index contributed by atoms with van der Waals surface area (Å²) >= 11 is 0. The third-order valence-electron chi connectivity index (χ3n) is 2.53. The minimum Gasteiger partial charge on any atom is -0.496 e. The second-order valence-corrected chi connectivity index (χ2v) is 5.11. The van der Waals surface area contributed by atoms with Crippen LogP contribution in [0.4, 0.5) is 0 Å². The van der Waals surface area contributed by atoms with Crippen molar-refractivity contribution in [1.82, 2.24) is 0 Å². The average molecular weight is 253 g/mol. The summed E-state index contributed by atoms with van der Waals surface area (Å²) in [5.74, 6) is 1.44. The summed E-state index contributed by atoms with van der Waals surface area (Å²) in [5.41, 5.74) is 6.79. The molecule has 0 radical (unpaired) electrons. The van der Waals surface area contributed by atoms with Crippen LogP contribution in [0.25, 0.3) is 0 Å². The quantitative estimate of drug-likeness (QED) is 0.876. The Labute approximate surface area is 109 Å². The first kappa shape index (κ1) is 14.8. The molecule has 1 unspecified atom stereocenters. The van der Waals surface area contributed by atoms with Crippen LogP contribution in [0.15, 0.2) is 18.2 Å². The first-order valence-corrected chi connectivity index (χ1v) is 5.99. The van der Waals surface area contributed by atoms with Gasteiger partial charge in [0.1, 0.15) is 11.5 Å². The van der Waals surface area contributed by atoms with Crippen molar-refractivity contribution in [3.63, 3.8) is 0 Å². The summed E-state index contributed by atoms with van der Waals surface area (Å²) in [6, 6.07) is 5.33. The SMILES string of the molecule is COc1cccc(OC)c1C(N)COC(C)(C)C. The summed E-state index contributed by atoms with van der Waals surface area (Å²) in [5, 5.41) is 0. The summed E-state index contributed by atoms with van der Waals surface area (Å²) in [6.07, 6.45) is 0. The molecule has 0 aromatic heterocycles. The van der Waals surface area contributed by atoms with Crippen LogP contribution in [0.3, 0.4) is 0 Å². The van der Waals surface area contributed by atoms with Crippen LogP contribution >= 0.6 is 0 Å². The highest BCUT2D eigenvalue weighted by atomic mass is 16.5. The lowest BCUT2D eigenvalue weighted by molar-refractivity contribution is -0.0106. The van der Waals surface area contributed by atoms with Gasteiger partial charge in [0, 0.05) is 0 Å². The van der Waals surface area contributed by atoms with Gasteiger partial charge in [-0.1, -0.05) is 6.07 Å². The topological polar surface area (TPSA) is 53.7 Å². The minimum absolute atomic E-state index is 0.215. The molecular formula is C14H23NO3. The Hall–Kier alpha value is -1.26. The van der Waals surface area contributed by atoms with Crippen LogP contribution in [0.5, 0.6) is 11.5 Å². The molecule has 1 rings (SSSR count). The third kappa shape index (κ3) is 3.89. The average Bonchev–Trinajstić information content (AvgIpc) is 2.33. The van der Waals surface area contributed by atoms with Crippen LogP contribution in [0.2, 0.25) is 0 Å². The number of benzene rings is 1. The lowest BCUT2D eigenvalue weighted by Gasteiger charge is -2.24. The Balaban J connectivity index is 2.92. The van der Waals surface area contributed by atoms with Gasteiger partial charge in [-0.2, -0.15) is 0 Å². The van der Waals surface area contributed by atoms with E-state index in [4.69, 9.17) is 19.9 Å². The van der Waals surface area contributed by atoms with Gasteiger partial charge in [0.25, 0.3) is 0 Å². The molecule has 1 aromatic rings. The first-order chi connectivity index (χ1) is 8.39. The van der Waals surface area contributed by atoms with Gasteiger partial charge in [0.2, 0.25) is 0 Å². The smallest absolute Gasteiger partial charge is 0.127 e. The van der Waals surface area contributed by atoms with Crippen molar-refractivity contribution in [2.45, 2.75) is 32.4 Å². The van der Waals surface area contributed by atoms with Gasteiger partial charge in [-0.25, -0.2) is 0 Å². The van der Waals surface area contributed by atoms with Gasteiger partial charge >= 0.3 is 0 Å². The molecule has 18 heavy (non-hydrogen) atoms. The molecule has 0 saturated heterocycles. The van der Waals surface area contributed by atoms with Crippen molar-refractivity contribution in [2.75, 3.05) is 20.8 Å². The van der Waals surface area contributed by atoms with Crippen LogP contribution in [0, 0.1) is 0 Å². The van der Waals surface area contributed by atoms with E-state index in [0.717, 1.165) is 17.1 Å². The fraction of sp³-hybridized carbons (Fsp3) is 0.571. The van der Waals surface area contributed by atoms with Crippen LogP contribution < -0.4 is 15.2 Å². The van der Waals surface area contributed by atoms with Gasteiger partial charge < -0.3 is 19.9 Å².